The summed E-state index contributed by atoms with van der Waals surface area (Å²) in [6.45, 7) is 25.8. The molecule has 0 atom stereocenters. The van der Waals surface area contributed by atoms with Gasteiger partial charge in [0.05, 0.1) is 22.1 Å². The van der Waals surface area contributed by atoms with Gasteiger partial charge in [-0.25, -0.2) is 0 Å². The van der Waals surface area contributed by atoms with Crippen molar-refractivity contribution in [2.45, 2.75) is 76.2 Å². The second-order valence-corrected chi connectivity index (χ2v) is 20.8. The molecule has 4 heterocycles. The number of rotatable bonds is 4. The molecule has 2 aliphatic rings. The maximum atomic E-state index is 2.67. The molecule has 0 N–H and O–H groups in total. The summed E-state index contributed by atoms with van der Waals surface area (Å²) in [7, 11) is 0. The van der Waals surface area contributed by atoms with Gasteiger partial charge in [0, 0.05) is 50.0 Å². The first-order chi connectivity index (χ1) is 33.8. The molecular formula is C65H57B2N3. The molecule has 13 rings (SSSR count). The predicted molar refractivity (Wildman–Crippen MR) is 304 cm³/mol. The normalized spacial score (nSPS) is 13.0. The SMILES string of the molecule is Cc1cc2c3c(c1)B(c1c(C)c(C)c(C)c(C)c1C)c1cc(-n4c5ccccc5c5ccccc54)ccc1N3c1ccc(-n3c4ccccc4c4ccccc43)cc1B2c1c(C)c(C)c(C)c(C)c1C. The summed E-state index contributed by atoms with van der Waals surface area (Å²) in [5.41, 5.74) is 34.6. The van der Waals surface area contributed by atoms with Crippen molar-refractivity contribution in [3.63, 3.8) is 0 Å². The minimum Gasteiger partial charge on any atom is -0.313 e. The van der Waals surface area contributed by atoms with E-state index in [1.54, 1.807) is 0 Å². The van der Waals surface area contributed by atoms with Crippen LogP contribution < -0.4 is 37.7 Å². The van der Waals surface area contributed by atoms with Gasteiger partial charge >= 0.3 is 0 Å². The van der Waals surface area contributed by atoms with Crippen LogP contribution in [0, 0.1) is 76.2 Å². The molecule has 0 spiro atoms. The third kappa shape index (κ3) is 5.66. The van der Waals surface area contributed by atoms with Crippen molar-refractivity contribution in [3.05, 3.63) is 207 Å². The highest BCUT2D eigenvalue weighted by Gasteiger charge is 2.46. The van der Waals surface area contributed by atoms with Gasteiger partial charge in [-0.3, -0.25) is 0 Å². The Labute approximate surface area is 413 Å². The van der Waals surface area contributed by atoms with Crippen LogP contribution in [0.25, 0.3) is 55.0 Å². The number of nitrogens with zero attached hydrogens (tertiary/aromatic N) is 3. The lowest BCUT2D eigenvalue weighted by atomic mass is 9.29. The molecule has 2 aromatic heterocycles. The zero-order valence-electron chi connectivity index (χ0n) is 42.4. The van der Waals surface area contributed by atoms with Gasteiger partial charge in [-0.1, -0.05) is 124 Å². The quantitative estimate of drug-likeness (QED) is 0.160. The van der Waals surface area contributed by atoms with Crippen LogP contribution >= 0.6 is 0 Å². The topological polar surface area (TPSA) is 13.1 Å². The first-order valence-electron chi connectivity index (χ1n) is 25.2. The molecule has 0 saturated heterocycles. The number of aryl methyl sites for hydroxylation is 1. The number of benzene rings is 9. The van der Waals surface area contributed by atoms with Crippen molar-refractivity contribution in [1.29, 1.82) is 0 Å². The summed E-state index contributed by atoms with van der Waals surface area (Å²) in [6, 6.07) is 55.5. The third-order valence-electron chi connectivity index (χ3n) is 17.7. The number of para-hydroxylation sites is 4. The molecule has 5 heteroatoms. The lowest BCUT2D eigenvalue weighted by Crippen LogP contribution is -2.66. The standard InChI is InChI=1S/C65H57B2N3/c1-36-32-55-65-56(33-36)67(64-45(10)41(6)38(3)42(7)46(64)11)54-35-48(69-59-26-18-14-22-51(59)52-23-15-19-27-60(52)69)29-31-62(54)70(65)61-30-28-47(68-57-24-16-12-20-49(57)50-21-13-17-25-58(50)68)34-53(61)66(55)63-43(8)39(4)37(2)40(5)44(63)9/h12-35H,1-11H3. The van der Waals surface area contributed by atoms with E-state index in [2.05, 4.69) is 236 Å². The molecule has 0 amide bonds. The maximum Gasteiger partial charge on any atom is 0.247 e. The predicted octanol–water partition coefficient (Wildman–Crippen LogP) is 12.4. The number of aromatic nitrogens is 2. The fourth-order valence-electron chi connectivity index (χ4n) is 13.4. The second-order valence-electron chi connectivity index (χ2n) is 20.8. The monoisotopic (exact) mass is 901 g/mol. The first kappa shape index (κ1) is 42.6. The lowest BCUT2D eigenvalue weighted by Gasteiger charge is -2.45. The van der Waals surface area contributed by atoms with E-state index in [0.29, 0.717) is 0 Å². The molecule has 0 bridgehead atoms. The fraction of sp³-hybridized carbons (Fsp3) is 0.169. The summed E-state index contributed by atoms with van der Waals surface area (Å²) in [6.07, 6.45) is 0. The largest absolute Gasteiger partial charge is 0.313 e. The van der Waals surface area contributed by atoms with E-state index >= 15 is 0 Å². The van der Waals surface area contributed by atoms with Crippen molar-refractivity contribution >= 4 is 107 Å². The zero-order valence-corrected chi connectivity index (χ0v) is 42.4. The van der Waals surface area contributed by atoms with E-state index in [1.165, 1.54) is 166 Å². The van der Waals surface area contributed by atoms with Gasteiger partial charge in [0.1, 0.15) is 0 Å². The number of hydrogen-bond donors (Lipinski definition) is 0. The van der Waals surface area contributed by atoms with Crippen molar-refractivity contribution in [2.24, 2.45) is 0 Å². The highest BCUT2D eigenvalue weighted by Crippen LogP contribution is 2.42. The van der Waals surface area contributed by atoms with Gasteiger partial charge in [-0.2, -0.15) is 0 Å². The molecule has 11 aromatic rings. The van der Waals surface area contributed by atoms with E-state index < -0.39 is 0 Å². The van der Waals surface area contributed by atoms with Crippen molar-refractivity contribution in [2.75, 3.05) is 4.90 Å². The molecule has 0 radical (unpaired) electrons. The van der Waals surface area contributed by atoms with Gasteiger partial charge < -0.3 is 14.0 Å². The van der Waals surface area contributed by atoms with Crippen LogP contribution in [0.2, 0.25) is 0 Å². The number of hydrogen-bond acceptors (Lipinski definition) is 1. The number of fused-ring (bicyclic) bond motifs is 10. The summed E-state index contributed by atoms with van der Waals surface area (Å²) in [5, 5.41) is 5.10. The van der Waals surface area contributed by atoms with Gasteiger partial charge in [-0.05, 0) is 192 Å². The van der Waals surface area contributed by atoms with Crippen molar-refractivity contribution in [3.8, 4) is 11.4 Å². The van der Waals surface area contributed by atoms with Crippen LogP contribution in [-0.4, -0.2) is 22.6 Å². The molecule has 3 nitrogen and oxygen atoms in total. The average Bonchev–Trinajstić information content (AvgIpc) is 3.90. The smallest absolute Gasteiger partial charge is 0.247 e. The summed E-state index contributed by atoms with van der Waals surface area (Å²) < 4.78 is 4.99. The Kier molecular flexibility index (Phi) is 9.28. The molecule has 338 valence electrons. The van der Waals surface area contributed by atoms with Gasteiger partial charge in [0.2, 0.25) is 13.4 Å². The molecule has 2 aliphatic heterocycles. The molecule has 0 saturated carbocycles. The average molecular weight is 902 g/mol. The molecule has 0 fully saturated rings. The third-order valence-corrected chi connectivity index (χ3v) is 17.7. The molecule has 0 aliphatic carbocycles. The Bertz CT molecular complexity index is 3680. The second kappa shape index (κ2) is 15.3. The highest BCUT2D eigenvalue weighted by atomic mass is 15.2. The van der Waals surface area contributed by atoms with Gasteiger partial charge in [0.15, 0.2) is 0 Å². The van der Waals surface area contributed by atoms with Crippen LogP contribution in [0.1, 0.15) is 61.2 Å². The van der Waals surface area contributed by atoms with E-state index in [-0.39, 0.29) is 13.4 Å². The lowest BCUT2D eigenvalue weighted by molar-refractivity contribution is 1.17. The highest BCUT2D eigenvalue weighted by molar-refractivity contribution is 7.02. The summed E-state index contributed by atoms with van der Waals surface area (Å²) in [4.78, 5) is 2.67. The first-order valence-corrected chi connectivity index (χ1v) is 25.2. The van der Waals surface area contributed by atoms with Crippen LogP contribution in [-0.2, 0) is 0 Å². The Morgan fingerprint density at radius 3 is 0.929 bits per heavy atom. The fourth-order valence-corrected chi connectivity index (χ4v) is 13.4. The molecular weight excluding hydrogens is 844 g/mol. The maximum absolute atomic E-state index is 2.67. The Morgan fingerprint density at radius 1 is 0.300 bits per heavy atom. The van der Waals surface area contributed by atoms with E-state index in [0.717, 1.165) is 0 Å². The van der Waals surface area contributed by atoms with Gasteiger partial charge in [0.25, 0.3) is 0 Å². The molecule has 9 aromatic carbocycles. The molecule has 0 unspecified atom stereocenters. The van der Waals surface area contributed by atoms with Gasteiger partial charge in [-0.15, -0.1) is 0 Å². The minimum absolute atomic E-state index is 0.00583. The minimum atomic E-state index is -0.00583. The Balaban J connectivity index is 1.17. The van der Waals surface area contributed by atoms with E-state index in [1.807, 2.05) is 0 Å². The van der Waals surface area contributed by atoms with E-state index in [4.69, 9.17) is 0 Å². The van der Waals surface area contributed by atoms with Crippen LogP contribution in [0.5, 0.6) is 0 Å². The van der Waals surface area contributed by atoms with Crippen LogP contribution in [0.3, 0.4) is 0 Å². The van der Waals surface area contributed by atoms with Crippen LogP contribution in [0.4, 0.5) is 17.1 Å². The van der Waals surface area contributed by atoms with Crippen molar-refractivity contribution in [1.82, 2.24) is 9.13 Å². The van der Waals surface area contributed by atoms with Crippen LogP contribution in [0.15, 0.2) is 146 Å². The number of anilines is 3. The Morgan fingerprint density at radius 2 is 0.600 bits per heavy atom. The van der Waals surface area contributed by atoms with E-state index in [9.17, 15) is 0 Å². The molecule has 70 heavy (non-hydrogen) atoms. The van der Waals surface area contributed by atoms with Crippen molar-refractivity contribution < 1.29 is 0 Å². The Hall–Kier alpha value is -7.49. The summed E-state index contributed by atoms with van der Waals surface area (Å²) in [5.74, 6) is 0. The summed E-state index contributed by atoms with van der Waals surface area (Å²) >= 11 is 0. The zero-order chi connectivity index (χ0) is 48.2.